The molecule has 0 spiro atoms. The minimum atomic E-state index is -3.38. The summed E-state index contributed by atoms with van der Waals surface area (Å²) >= 11 is 0. The van der Waals surface area contributed by atoms with E-state index in [1.54, 1.807) is 0 Å². The third-order valence-electron chi connectivity index (χ3n) is 8.33. The second kappa shape index (κ2) is 10.3. The van der Waals surface area contributed by atoms with Crippen LogP contribution in [-0.2, 0) is 10.0 Å². The summed E-state index contributed by atoms with van der Waals surface area (Å²) in [6, 6.07) is 15.7. The van der Waals surface area contributed by atoms with Crippen molar-refractivity contribution in [3.8, 4) is 11.1 Å². The van der Waals surface area contributed by atoms with Crippen LogP contribution in [0.15, 0.2) is 42.5 Å². The normalized spacial score (nSPS) is 26.7. The first kappa shape index (κ1) is 24.9. The second-order valence-corrected chi connectivity index (χ2v) is 12.6. The van der Waals surface area contributed by atoms with Gasteiger partial charge in [-0.15, -0.1) is 0 Å². The summed E-state index contributed by atoms with van der Waals surface area (Å²) in [6.45, 7) is 11.3. The van der Waals surface area contributed by atoms with Crippen LogP contribution >= 0.6 is 0 Å². The minimum Gasteiger partial charge on any atom is -0.298 e. The van der Waals surface area contributed by atoms with Crippen molar-refractivity contribution in [2.75, 3.05) is 39.3 Å². The summed E-state index contributed by atoms with van der Waals surface area (Å²) in [7, 11) is -3.38. The number of benzene rings is 2. The Morgan fingerprint density at radius 3 is 2.54 bits per heavy atom. The quantitative estimate of drug-likeness (QED) is 0.652. The molecule has 2 aromatic carbocycles. The van der Waals surface area contributed by atoms with Crippen LogP contribution in [0.2, 0.25) is 0 Å². The van der Waals surface area contributed by atoms with Gasteiger partial charge < -0.3 is 0 Å². The van der Waals surface area contributed by atoms with Crippen molar-refractivity contribution in [2.45, 2.75) is 63.8 Å². The molecule has 35 heavy (non-hydrogen) atoms. The maximum absolute atomic E-state index is 13.7. The molecule has 0 bridgehead atoms. The molecule has 0 aromatic heterocycles. The Hall–Kier alpha value is -1.77. The molecule has 2 aromatic rings. The lowest BCUT2D eigenvalue weighted by atomic mass is 9.81. The van der Waals surface area contributed by atoms with E-state index < -0.39 is 15.4 Å². The van der Waals surface area contributed by atoms with Gasteiger partial charge in [0, 0.05) is 44.7 Å². The fourth-order valence-electron chi connectivity index (χ4n) is 6.10. The van der Waals surface area contributed by atoms with Gasteiger partial charge in [0.1, 0.15) is 5.37 Å². The Labute approximate surface area is 211 Å². The number of sulfonamides is 1. The zero-order valence-corrected chi connectivity index (χ0v) is 22.2. The number of aryl methyl sites for hydroxylation is 1. The molecule has 3 aliphatic rings. The smallest absolute Gasteiger partial charge is 0.231 e. The van der Waals surface area contributed by atoms with Crippen molar-refractivity contribution in [2.24, 2.45) is 0 Å². The number of hydrogen-bond donors (Lipinski definition) is 1. The van der Waals surface area contributed by atoms with Crippen LogP contribution < -0.4 is 5.43 Å². The molecule has 3 heterocycles. The van der Waals surface area contributed by atoms with E-state index in [9.17, 15) is 8.42 Å². The van der Waals surface area contributed by atoms with Gasteiger partial charge in [-0.2, -0.15) is 4.31 Å². The van der Waals surface area contributed by atoms with Crippen LogP contribution in [0.5, 0.6) is 0 Å². The highest BCUT2D eigenvalue weighted by molar-refractivity contribution is 7.89. The standard InChI is InChI=1S/C28H40N4O2S/c1-4-16-32-28(14-15-29-32)35(33,34)31-18-6-5-17-30-19-26(27(30)20-31)24-12-10-23(11-13-24)25-9-7-8-21(2)22(25)3/h7-13,26-29H,4-6,14-20H2,1-3H3/t26-,27-,28?/m0/s1. The molecule has 7 heteroatoms. The molecule has 0 radical (unpaired) electrons. The number of rotatable bonds is 6. The van der Waals surface area contributed by atoms with Crippen molar-refractivity contribution in [1.29, 1.82) is 0 Å². The first-order valence-electron chi connectivity index (χ1n) is 13.3. The topological polar surface area (TPSA) is 55.9 Å². The Morgan fingerprint density at radius 1 is 1.00 bits per heavy atom. The van der Waals surface area contributed by atoms with Crippen LogP contribution in [0.1, 0.15) is 55.2 Å². The molecule has 1 N–H and O–H groups in total. The van der Waals surface area contributed by atoms with Gasteiger partial charge >= 0.3 is 0 Å². The lowest BCUT2D eigenvalue weighted by Crippen LogP contribution is -2.62. The largest absolute Gasteiger partial charge is 0.298 e. The Bertz CT molecular complexity index is 1130. The number of fused-ring (bicyclic) bond motifs is 1. The van der Waals surface area contributed by atoms with Crippen molar-refractivity contribution < 1.29 is 8.42 Å². The number of nitrogens with one attached hydrogen (secondary N) is 1. The molecule has 3 atom stereocenters. The highest BCUT2D eigenvalue weighted by Gasteiger charge is 2.45. The molecule has 3 saturated heterocycles. The minimum absolute atomic E-state index is 0.255. The van der Waals surface area contributed by atoms with Crippen molar-refractivity contribution in [3.05, 3.63) is 59.2 Å². The van der Waals surface area contributed by atoms with Gasteiger partial charge in [-0.1, -0.05) is 49.4 Å². The lowest BCUT2D eigenvalue weighted by Gasteiger charge is -2.51. The first-order chi connectivity index (χ1) is 16.9. The molecule has 6 nitrogen and oxygen atoms in total. The van der Waals surface area contributed by atoms with E-state index in [1.165, 1.54) is 27.8 Å². The Morgan fingerprint density at radius 2 is 1.77 bits per heavy atom. The maximum atomic E-state index is 13.7. The van der Waals surface area contributed by atoms with Crippen molar-refractivity contribution >= 4 is 10.0 Å². The number of nitrogens with zero attached hydrogens (tertiary/aromatic N) is 3. The molecular formula is C28H40N4O2S. The predicted molar refractivity (Wildman–Crippen MR) is 143 cm³/mol. The highest BCUT2D eigenvalue weighted by atomic mass is 32.2. The van der Waals surface area contributed by atoms with Gasteiger partial charge in [-0.25, -0.2) is 13.4 Å². The summed E-state index contributed by atoms with van der Waals surface area (Å²) in [5, 5.41) is 1.52. The van der Waals surface area contributed by atoms with Crippen LogP contribution in [0, 0.1) is 13.8 Å². The van der Waals surface area contributed by atoms with Gasteiger partial charge in [0.05, 0.1) is 0 Å². The van der Waals surface area contributed by atoms with Crippen LogP contribution in [0.25, 0.3) is 11.1 Å². The van der Waals surface area contributed by atoms with E-state index in [0.717, 1.165) is 45.4 Å². The summed E-state index contributed by atoms with van der Waals surface area (Å²) in [4.78, 5) is 2.50. The van der Waals surface area contributed by atoms with Crippen LogP contribution in [-0.4, -0.2) is 73.3 Å². The third kappa shape index (κ3) is 4.81. The summed E-state index contributed by atoms with van der Waals surface area (Å²) in [5.74, 6) is 0.381. The molecular weight excluding hydrogens is 456 g/mol. The average molecular weight is 497 g/mol. The fraction of sp³-hybridized carbons (Fsp3) is 0.571. The van der Waals surface area contributed by atoms with E-state index in [2.05, 4.69) is 73.6 Å². The van der Waals surface area contributed by atoms with Gasteiger partial charge in [-0.05, 0) is 73.9 Å². The zero-order valence-electron chi connectivity index (χ0n) is 21.4. The lowest BCUT2D eigenvalue weighted by molar-refractivity contribution is 0.0340. The maximum Gasteiger partial charge on any atom is 0.231 e. The van der Waals surface area contributed by atoms with Crippen LogP contribution in [0.4, 0.5) is 0 Å². The molecule has 0 aliphatic carbocycles. The first-order valence-corrected chi connectivity index (χ1v) is 14.8. The number of hydrogen-bond acceptors (Lipinski definition) is 5. The summed E-state index contributed by atoms with van der Waals surface area (Å²) < 4.78 is 29.3. The summed E-state index contributed by atoms with van der Waals surface area (Å²) in [6.07, 6.45) is 3.60. The van der Waals surface area contributed by atoms with E-state index in [4.69, 9.17) is 0 Å². The zero-order chi connectivity index (χ0) is 24.6. The monoisotopic (exact) mass is 496 g/mol. The SMILES string of the molecule is CCCN1NCCC1S(=O)(=O)N1CCCCN2C[C@@H](c3ccc(-c4cccc(C)c4C)cc3)[C@@H]2C1. The second-order valence-electron chi connectivity index (χ2n) is 10.5. The fourth-order valence-corrected chi connectivity index (χ4v) is 8.10. The molecule has 3 fully saturated rings. The van der Waals surface area contributed by atoms with Crippen LogP contribution in [0.3, 0.4) is 0 Å². The molecule has 190 valence electrons. The van der Waals surface area contributed by atoms with Gasteiger partial charge in [0.25, 0.3) is 0 Å². The number of hydrazine groups is 1. The van der Waals surface area contributed by atoms with Crippen molar-refractivity contribution in [3.63, 3.8) is 0 Å². The van der Waals surface area contributed by atoms with E-state index in [1.807, 2.05) is 9.31 Å². The van der Waals surface area contributed by atoms with E-state index in [0.29, 0.717) is 25.4 Å². The van der Waals surface area contributed by atoms with Crippen molar-refractivity contribution in [1.82, 2.24) is 19.6 Å². The van der Waals surface area contributed by atoms with Gasteiger partial charge in [0.15, 0.2) is 0 Å². The van der Waals surface area contributed by atoms with Gasteiger partial charge in [0.2, 0.25) is 10.0 Å². The van der Waals surface area contributed by atoms with E-state index >= 15 is 0 Å². The molecule has 0 amide bonds. The molecule has 1 unspecified atom stereocenters. The molecule has 0 saturated carbocycles. The third-order valence-corrected chi connectivity index (χ3v) is 10.6. The molecule has 5 rings (SSSR count). The average Bonchev–Trinajstić information content (AvgIpc) is 3.30. The predicted octanol–water partition coefficient (Wildman–Crippen LogP) is 4.11. The van der Waals surface area contributed by atoms with E-state index in [-0.39, 0.29) is 6.04 Å². The van der Waals surface area contributed by atoms with Gasteiger partial charge in [-0.3, -0.25) is 10.3 Å². The summed E-state index contributed by atoms with van der Waals surface area (Å²) in [5.41, 5.74) is 9.80. The molecule has 3 aliphatic heterocycles. The Kier molecular flexibility index (Phi) is 7.33. The highest BCUT2D eigenvalue weighted by Crippen LogP contribution is 2.38. The Balaban J connectivity index is 1.34.